The molecule has 1 aromatic heterocycles. The van der Waals surface area contributed by atoms with E-state index in [1.807, 2.05) is 19.1 Å². The summed E-state index contributed by atoms with van der Waals surface area (Å²) in [5.74, 6) is 0.859. The molecule has 1 heterocycles. The summed E-state index contributed by atoms with van der Waals surface area (Å²) < 4.78 is 15.4. The summed E-state index contributed by atoms with van der Waals surface area (Å²) in [4.78, 5) is 0. The van der Waals surface area contributed by atoms with Gasteiger partial charge in [-0.3, -0.25) is 0 Å². The summed E-state index contributed by atoms with van der Waals surface area (Å²) in [6.45, 7) is 3.24. The van der Waals surface area contributed by atoms with Crippen LogP contribution in [0.1, 0.15) is 12.7 Å². The van der Waals surface area contributed by atoms with Crippen molar-refractivity contribution in [2.24, 2.45) is 0 Å². The van der Waals surface area contributed by atoms with Gasteiger partial charge in [0.15, 0.2) is 0 Å². The molecule has 0 amide bonds. The number of furan rings is 1. The van der Waals surface area contributed by atoms with E-state index in [-0.39, 0.29) is 0 Å². The predicted molar refractivity (Wildman–Crippen MR) is 43.7 cm³/mol. The quantitative estimate of drug-likeness (QED) is 0.487. The monoisotopic (exact) mass is 172 g/mol. The molecule has 11 heavy (non-hydrogen) atoms. The van der Waals surface area contributed by atoms with Crippen molar-refractivity contribution in [2.45, 2.75) is 13.5 Å². The highest BCUT2D eigenvalue weighted by Gasteiger charge is 1.93. The van der Waals surface area contributed by atoms with Gasteiger partial charge in [-0.05, 0) is 19.1 Å². The molecule has 0 fully saturated rings. The normalized spacial score (nSPS) is 11.4. The lowest BCUT2D eigenvalue weighted by atomic mass is 10.5. The fourth-order valence-corrected chi connectivity index (χ4v) is 1.25. The third kappa shape index (κ3) is 3.36. The third-order valence-corrected chi connectivity index (χ3v) is 2.14. The van der Waals surface area contributed by atoms with Crippen LogP contribution in [0.15, 0.2) is 22.8 Å². The van der Waals surface area contributed by atoms with Crippen molar-refractivity contribution < 1.29 is 13.3 Å². The maximum atomic E-state index is 5.24. The van der Waals surface area contributed by atoms with Crippen molar-refractivity contribution >= 4 is 10.0 Å². The molecule has 4 heteroatoms. The summed E-state index contributed by atoms with van der Waals surface area (Å²) in [5.41, 5.74) is 0. The van der Waals surface area contributed by atoms with Crippen LogP contribution < -0.4 is 0 Å². The van der Waals surface area contributed by atoms with Gasteiger partial charge in [-0.2, -0.15) is 0 Å². The zero-order valence-corrected chi connectivity index (χ0v) is 7.99. The fraction of sp³-hybridized carbons (Fsp3) is 0.429. The van der Waals surface area contributed by atoms with Crippen LogP contribution in [-0.4, -0.2) is 16.6 Å². The van der Waals surface area contributed by atoms with Gasteiger partial charge in [0.2, 0.25) is 0 Å². The molecule has 0 spiro atoms. The molecule has 0 N–H and O–H groups in total. The SMILES string of the molecule is CCO[SiH2]OCc1ccco1. The molecule has 0 aliphatic rings. The summed E-state index contributed by atoms with van der Waals surface area (Å²) in [6.07, 6.45) is 1.64. The van der Waals surface area contributed by atoms with Crippen molar-refractivity contribution in [3.05, 3.63) is 24.2 Å². The molecule has 0 atom stereocenters. The minimum absolute atomic E-state index is 0.541. The Kier molecular flexibility index (Phi) is 3.96. The second kappa shape index (κ2) is 5.12. The van der Waals surface area contributed by atoms with Gasteiger partial charge in [0.05, 0.1) is 12.9 Å². The van der Waals surface area contributed by atoms with Gasteiger partial charge in [0, 0.05) is 6.61 Å². The van der Waals surface area contributed by atoms with Crippen molar-refractivity contribution in [2.75, 3.05) is 6.61 Å². The van der Waals surface area contributed by atoms with Crippen LogP contribution in [-0.2, 0) is 15.5 Å². The first kappa shape index (κ1) is 8.51. The van der Waals surface area contributed by atoms with Crippen LogP contribution in [0.4, 0.5) is 0 Å². The van der Waals surface area contributed by atoms with E-state index in [1.165, 1.54) is 0 Å². The summed E-state index contributed by atoms with van der Waals surface area (Å²) in [5, 5.41) is 0. The van der Waals surface area contributed by atoms with Crippen LogP contribution in [0.3, 0.4) is 0 Å². The molecule has 1 rings (SSSR count). The van der Waals surface area contributed by atoms with E-state index in [2.05, 4.69) is 0 Å². The van der Waals surface area contributed by atoms with Crippen LogP contribution in [0.5, 0.6) is 0 Å². The molecule has 0 unspecified atom stereocenters. The molecule has 0 aromatic carbocycles. The molecule has 62 valence electrons. The molecular weight excluding hydrogens is 160 g/mol. The van der Waals surface area contributed by atoms with E-state index in [9.17, 15) is 0 Å². The van der Waals surface area contributed by atoms with Crippen molar-refractivity contribution in [3.63, 3.8) is 0 Å². The van der Waals surface area contributed by atoms with Crippen molar-refractivity contribution in [1.29, 1.82) is 0 Å². The molecule has 0 aliphatic heterocycles. The summed E-state index contributed by atoms with van der Waals surface area (Å²) >= 11 is 0. The third-order valence-electron chi connectivity index (χ3n) is 1.20. The van der Waals surface area contributed by atoms with Crippen LogP contribution in [0, 0.1) is 0 Å². The van der Waals surface area contributed by atoms with Gasteiger partial charge in [-0.25, -0.2) is 0 Å². The first-order valence-electron chi connectivity index (χ1n) is 3.61. The molecule has 0 aliphatic carbocycles. The molecule has 0 saturated heterocycles. The average Bonchev–Trinajstić information content (AvgIpc) is 2.50. The molecule has 0 bridgehead atoms. The maximum absolute atomic E-state index is 5.24. The van der Waals surface area contributed by atoms with E-state index in [0.29, 0.717) is 6.61 Å². The molecular formula is C7H12O3Si. The zero-order valence-electron chi connectivity index (χ0n) is 6.58. The van der Waals surface area contributed by atoms with Crippen LogP contribution >= 0.6 is 0 Å². The Morgan fingerprint density at radius 2 is 2.45 bits per heavy atom. The standard InChI is InChI=1S/C7H12O3Si/c1-2-9-11-10-6-7-4-3-5-8-7/h3-5H,2,6,11H2,1H3. The second-order valence-electron chi connectivity index (χ2n) is 2.04. The Morgan fingerprint density at radius 1 is 1.55 bits per heavy atom. The van der Waals surface area contributed by atoms with E-state index in [0.717, 1.165) is 12.4 Å². The second-order valence-corrected chi connectivity index (χ2v) is 3.09. The molecule has 1 aromatic rings. The fourth-order valence-electron chi connectivity index (χ4n) is 0.679. The van der Waals surface area contributed by atoms with Crippen molar-refractivity contribution in [3.8, 4) is 0 Å². The van der Waals surface area contributed by atoms with E-state index in [1.54, 1.807) is 6.26 Å². The first-order valence-corrected chi connectivity index (χ1v) is 4.77. The molecule has 3 nitrogen and oxygen atoms in total. The minimum Gasteiger partial charge on any atom is -0.467 e. The Balaban J connectivity index is 2.04. The van der Waals surface area contributed by atoms with Gasteiger partial charge < -0.3 is 13.3 Å². The number of hydrogen-bond acceptors (Lipinski definition) is 3. The van der Waals surface area contributed by atoms with E-state index >= 15 is 0 Å². The highest BCUT2D eigenvalue weighted by Crippen LogP contribution is 2.00. The largest absolute Gasteiger partial charge is 0.467 e. The van der Waals surface area contributed by atoms with Gasteiger partial charge in [0.1, 0.15) is 5.76 Å². The van der Waals surface area contributed by atoms with Gasteiger partial charge in [-0.1, -0.05) is 0 Å². The molecule has 0 saturated carbocycles. The Morgan fingerprint density at radius 3 is 3.09 bits per heavy atom. The lowest BCUT2D eigenvalue weighted by Gasteiger charge is -1.99. The molecule has 0 radical (unpaired) electrons. The Bertz CT molecular complexity index is 174. The van der Waals surface area contributed by atoms with Crippen LogP contribution in [0.2, 0.25) is 0 Å². The smallest absolute Gasteiger partial charge is 0.304 e. The van der Waals surface area contributed by atoms with Crippen molar-refractivity contribution in [1.82, 2.24) is 0 Å². The average molecular weight is 172 g/mol. The lowest BCUT2D eigenvalue weighted by Crippen LogP contribution is -2.03. The number of rotatable bonds is 5. The van der Waals surface area contributed by atoms with E-state index in [4.69, 9.17) is 13.3 Å². The first-order chi connectivity index (χ1) is 5.43. The minimum atomic E-state index is -0.771. The predicted octanol–water partition coefficient (Wildman–Crippen LogP) is 0.832. The zero-order chi connectivity index (χ0) is 7.94. The summed E-state index contributed by atoms with van der Waals surface area (Å²) in [7, 11) is -0.771. The van der Waals surface area contributed by atoms with Crippen LogP contribution in [0.25, 0.3) is 0 Å². The Labute approximate surface area is 68.4 Å². The highest BCUT2D eigenvalue weighted by molar-refractivity contribution is 6.17. The maximum Gasteiger partial charge on any atom is 0.304 e. The topological polar surface area (TPSA) is 31.6 Å². The van der Waals surface area contributed by atoms with E-state index < -0.39 is 10.0 Å². The summed E-state index contributed by atoms with van der Waals surface area (Å²) in [6, 6.07) is 3.74. The van der Waals surface area contributed by atoms with Gasteiger partial charge in [0.25, 0.3) is 0 Å². The Hall–Kier alpha value is -0.583. The highest BCUT2D eigenvalue weighted by atomic mass is 28.3. The van der Waals surface area contributed by atoms with Gasteiger partial charge >= 0.3 is 10.0 Å². The number of hydrogen-bond donors (Lipinski definition) is 0. The lowest BCUT2D eigenvalue weighted by molar-refractivity contribution is 0.206. The van der Waals surface area contributed by atoms with Gasteiger partial charge in [-0.15, -0.1) is 0 Å².